The first-order valence-corrected chi connectivity index (χ1v) is 9.10. The SMILES string of the molecule is CCCC[N+](CCCC)(CCCC)CC(=O)c1ccccc1. The van der Waals surface area contributed by atoms with Crippen molar-refractivity contribution in [2.75, 3.05) is 26.2 Å². The van der Waals surface area contributed by atoms with Crippen molar-refractivity contribution in [3.63, 3.8) is 0 Å². The zero-order valence-electron chi connectivity index (χ0n) is 14.8. The van der Waals surface area contributed by atoms with Gasteiger partial charge in [-0.25, -0.2) is 0 Å². The Morgan fingerprint density at radius 1 is 0.818 bits per heavy atom. The molecule has 0 spiro atoms. The molecule has 2 nitrogen and oxygen atoms in total. The maximum Gasteiger partial charge on any atom is 0.216 e. The summed E-state index contributed by atoms with van der Waals surface area (Å²) < 4.78 is 0.989. The van der Waals surface area contributed by atoms with Crippen LogP contribution < -0.4 is 0 Å². The lowest BCUT2D eigenvalue weighted by atomic mass is 10.1. The number of unbranched alkanes of at least 4 members (excludes halogenated alkanes) is 3. The molecule has 0 aromatic heterocycles. The van der Waals surface area contributed by atoms with Crippen molar-refractivity contribution >= 4 is 5.78 Å². The van der Waals surface area contributed by atoms with Crippen LogP contribution in [0.5, 0.6) is 0 Å². The van der Waals surface area contributed by atoms with Crippen molar-refractivity contribution in [3.05, 3.63) is 35.9 Å². The number of Topliss-reactive ketones (excluding diaryl/α,β-unsaturated/α-hetero) is 1. The highest BCUT2D eigenvalue weighted by atomic mass is 16.1. The topological polar surface area (TPSA) is 17.1 Å². The maximum atomic E-state index is 12.7. The smallest absolute Gasteiger partial charge is 0.216 e. The van der Waals surface area contributed by atoms with Gasteiger partial charge < -0.3 is 4.48 Å². The highest BCUT2D eigenvalue weighted by molar-refractivity contribution is 5.96. The van der Waals surface area contributed by atoms with Gasteiger partial charge in [-0.2, -0.15) is 0 Å². The average Bonchev–Trinajstić information content (AvgIpc) is 2.56. The summed E-state index contributed by atoms with van der Waals surface area (Å²) >= 11 is 0. The van der Waals surface area contributed by atoms with Gasteiger partial charge in [0, 0.05) is 5.56 Å². The summed E-state index contributed by atoms with van der Waals surface area (Å²) in [6, 6.07) is 9.81. The fourth-order valence-corrected chi connectivity index (χ4v) is 3.07. The number of rotatable bonds is 12. The van der Waals surface area contributed by atoms with Crippen LogP contribution in [0, 0.1) is 0 Å². The van der Waals surface area contributed by atoms with Crippen molar-refractivity contribution in [1.82, 2.24) is 0 Å². The van der Waals surface area contributed by atoms with Crippen LogP contribution in [-0.4, -0.2) is 36.4 Å². The number of carbonyl (C=O) groups excluding carboxylic acids is 1. The van der Waals surface area contributed by atoms with E-state index in [0.29, 0.717) is 12.3 Å². The van der Waals surface area contributed by atoms with Crippen LogP contribution in [0.3, 0.4) is 0 Å². The summed E-state index contributed by atoms with van der Waals surface area (Å²) in [7, 11) is 0. The van der Waals surface area contributed by atoms with Gasteiger partial charge in [-0.15, -0.1) is 0 Å². The van der Waals surface area contributed by atoms with Gasteiger partial charge in [0.2, 0.25) is 5.78 Å². The number of benzene rings is 1. The minimum atomic E-state index is 0.309. The molecule has 0 unspecified atom stereocenters. The average molecular weight is 304 g/mol. The minimum absolute atomic E-state index is 0.309. The van der Waals surface area contributed by atoms with Gasteiger partial charge in [0.15, 0.2) is 0 Å². The van der Waals surface area contributed by atoms with E-state index in [1.165, 1.54) is 38.5 Å². The summed E-state index contributed by atoms with van der Waals surface area (Å²) in [5, 5.41) is 0. The standard InChI is InChI=1S/C20H34NO/c1-4-7-15-21(16-8-5-2,17-9-6-3)18-20(22)19-13-11-10-12-14-19/h10-14H,4-9,15-18H2,1-3H3/q+1. The predicted molar refractivity (Wildman–Crippen MR) is 95.2 cm³/mol. The van der Waals surface area contributed by atoms with E-state index in [1.54, 1.807) is 0 Å². The lowest BCUT2D eigenvalue weighted by Crippen LogP contribution is -2.53. The summed E-state index contributed by atoms with van der Waals surface area (Å²) in [6.45, 7) is 10.8. The highest BCUT2D eigenvalue weighted by Gasteiger charge is 2.29. The van der Waals surface area contributed by atoms with E-state index >= 15 is 0 Å². The molecule has 1 rings (SSSR count). The van der Waals surface area contributed by atoms with Crippen LogP contribution in [0.25, 0.3) is 0 Å². The van der Waals surface area contributed by atoms with Gasteiger partial charge in [0.25, 0.3) is 0 Å². The summed E-state index contributed by atoms with van der Waals surface area (Å²) in [5.41, 5.74) is 0.870. The molecule has 22 heavy (non-hydrogen) atoms. The molecule has 0 atom stereocenters. The second-order valence-corrected chi connectivity index (χ2v) is 6.52. The van der Waals surface area contributed by atoms with Gasteiger partial charge in [-0.1, -0.05) is 70.4 Å². The third-order valence-corrected chi connectivity index (χ3v) is 4.53. The van der Waals surface area contributed by atoms with Gasteiger partial charge in [-0.05, 0) is 19.3 Å². The van der Waals surface area contributed by atoms with Crippen molar-refractivity contribution in [2.24, 2.45) is 0 Å². The molecule has 0 fully saturated rings. The molecule has 0 aliphatic heterocycles. The molecule has 0 N–H and O–H groups in total. The number of quaternary nitrogens is 1. The fourth-order valence-electron chi connectivity index (χ4n) is 3.07. The first-order chi connectivity index (χ1) is 10.7. The van der Waals surface area contributed by atoms with Crippen LogP contribution in [0.2, 0.25) is 0 Å². The van der Waals surface area contributed by atoms with Crippen molar-refractivity contribution in [3.8, 4) is 0 Å². The predicted octanol–water partition coefficient (Wildman–Crippen LogP) is 5.09. The monoisotopic (exact) mass is 304 g/mol. The van der Waals surface area contributed by atoms with E-state index in [4.69, 9.17) is 0 Å². The van der Waals surface area contributed by atoms with Crippen LogP contribution in [0.1, 0.15) is 69.7 Å². The van der Waals surface area contributed by atoms with E-state index in [0.717, 1.165) is 29.7 Å². The molecule has 124 valence electrons. The molecule has 0 aliphatic rings. The summed E-state index contributed by atoms with van der Waals surface area (Å²) in [6.07, 6.45) is 7.27. The Kier molecular flexibility index (Phi) is 9.07. The normalized spacial score (nSPS) is 11.6. The number of nitrogens with zero attached hydrogens (tertiary/aromatic N) is 1. The third-order valence-electron chi connectivity index (χ3n) is 4.53. The first kappa shape index (κ1) is 18.9. The van der Waals surface area contributed by atoms with Gasteiger partial charge >= 0.3 is 0 Å². The Hall–Kier alpha value is -1.15. The number of ketones is 1. The second kappa shape index (κ2) is 10.6. The second-order valence-electron chi connectivity index (χ2n) is 6.52. The highest BCUT2D eigenvalue weighted by Crippen LogP contribution is 2.17. The lowest BCUT2D eigenvalue weighted by Gasteiger charge is -2.38. The number of carbonyl (C=O) groups is 1. The minimum Gasteiger partial charge on any atom is -0.317 e. The van der Waals surface area contributed by atoms with Crippen molar-refractivity contribution in [2.45, 2.75) is 59.3 Å². The maximum absolute atomic E-state index is 12.7. The van der Waals surface area contributed by atoms with Crippen LogP contribution >= 0.6 is 0 Å². The molecule has 1 aromatic carbocycles. The van der Waals surface area contributed by atoms with E-state index in [-0.39, 0.29) is 0 Å². The lowest BCUT2D eigenvalue weighted by molar-refractivity contribution is -0.921. The Labute approximate surface area is 137 Å². The Bertz CT molecular complexity index is 391. The molecule has 0 radical (unpaired) electrons. The molecule has 0 amide bonds. The van der Waals surface area contributed by atoms with E-state index in [2.05, 4.69) is 20.8 Å². The Balaban J connectivity index is 2.86. The van der Waals surface area contributed by atoms with Crippen molar-refractivity contribution in [1.29, 1.82) is 0 Å². The summed E-state index contributed by atoms with van der Waals surface area (Å²) in [5.74, 6) is 0.309. The number of hydrogen-bond acceptors (Lipinski definition) is 1. The van der Waals surface area contributed by atoms with Gasteiger partial charge in [0.05, 0.1) is 19.6 Å². The Morgan fingerprint density at radius 2 is 1.27 bits per heavy atom. The van der Waals surface area contributed by atoms with Crippen molar-refractivity contribution < 1.29 is 9.28 Å². The van der Waals surface area contributed by atoms with E-state index < -0.39 is 0 Å². The molecule has 0 heterocycles. The molecule has 2 heteroatoms. The quantitative estimate of drug-likeness (QED) is 0.388. The Morgan fingerprint density at radius 3 is 1.68 bits per heavy atom. The molecule has 1 aromatic rings. The van der Waals surface area contributed by atoms with Gasteiger partial charge in [0.1, 0.15) is 6.54 Å². The van der Waals surface area contributed by atoms with Crippen LogP contribution in [0.15, 0.2) is 30.3 Å². The van der Waals surface area contributed by atoms with E-state index in [1.807, 2.05) is 30.3 Å². The third kappa shape index (κ3) is 6.31. The molecule has 0 saturated carbocycles. The molecule has 0 saturated heterocycles. The molecular formula is C20H34NO+. The zero-order chi connectivity index (χ0) is 16.3. The van der Waals surface area contributed by atoms with E-state index in [9.17, 15) is 4.79 Å². The zero-order valence-corrected chi connectivity index (χ0v) is 14.8. The van der Waals surface area contributed by atoms with Gasteiger partial charge in [-0.3, -0.25) is 4.79 Å². The number of hydrogen-bond donors (Lipinski definition) is 0. The van der Waals surface area contributed by atoms with Crippen LogP contribution in [-0.2, 0) is 0 Å². The molecular weight excluding hydrogens is 270 g/mol. The first-order valence-electron chi connectivity index (χ1n) is 9.10. The van der Waals surface area contributed by atoms with Crippen LogP contribution in [0.4, 0.5) is 0 Å². The molecule has 0 aliphatic carbocycles. The largest absolute Gasteiger partial charge is 0.317 e. The summed E-state index contributed by atoms with van der Waals surface area (Å²) in [4.78, 5) is 12.7. The fraction of sp³-hybridized carbons (Fsp3) is 0.650. The molecule has 0 bridgehead atoms.